The van der Waals surface area contributed by atoms with Crippen LogP contribution in [0.1, 0.15) is 31.8 Å². The van der Waals surface area contributed by atoms with E-state index in [4.69, 9.17) is 4.74 Å². The number of aromatic hydroxyl groups is 1. The molecule has 3 aromatic carbocycles. The Kier molecular flexibility index (Phi) is 5.52. The predicted octanol–water partition coefficient (Wildman–Crippen LogP) is 4.09. The largest absolute Gasteiger partial charge is 0.508 e. The summed E-state index contributed by atoms with van der Waals surface area (Å²) in [6.07, 6.45) is 1.22. The van der Waals surface area contributed by atoms with Gasteiger partial charge in [0.15, 0.2) is 0 Å². The fourth-order valence-corrected chi connectivity index (χ4v) is 2.74. The molecule has 5 nitrogen and oxygen atoms in total. The van der Waals surface area contributed by atoms with Crippen molar-refractivity contribution >= 4 is 11.9 Å². The average molecular weight is 362 g/mol. The third kappa shape index (κ3) is 4.52. The number of aromatic carboxylic acids is 1. The fourth-order valence-electron chi connectivity index (χ4n) is 2.74. The third-order valence-corrected chi connectivity index (χ3v) is 4.15. The average Bonchev–Trinajstić information content (AvgIpc) is 2.68. The summed E-state index contributed by atoms with van der Waals surface area (Å²) < 4.78 is 5.45. The van der Waals surface area contributed by atoms with Gasteiger partial charge in [0, 0.05) is 0 Å². The number of esters is 1. The van der Waals surface area contributed by atoms with Gasteiger partial charge < -0.3 is 14.9 Å². The topological polar surface area (TPSA) is 83.8 Å². The van der Waals surface area contributed by atoms with Gasteiger partial charge in [-0.25, -0.2) is 9.59 Å². The molecule has 0 aliphatic carbocycles. The van der Waals surface area contributed by atoms with Crippen LogP contribution in [0.2, 0.25) is 0 Å². The summed E-state index contributed by atoms with van der Waals surface area (Å²) >= 11 is 0. The van der Waals surface area contributed by atoms with Crippen molar-refractivity contribution in [3.8, 4) is 11.5 Å². The van der Waals surface area contributed by atoms with E-state index in [1.54, 1.807) is 12.1 Å². The fraction of sp³-hybridized carbons (Fsp3) is 0.0909. The molecule has 0 aliphatic rings. The normalized spacial score (nSPS) is 10.4. The van der Waals surface area contributed by atoms with Crippen LogP contribution in [-0.4, -0.2) is 22.2 Å². The van der Waals surface area contributed by atoms with Crippen molar-refractivity contribution in [3.05, 3.63) is 95.1 Å². The van der Waals surface area contributed by atoms with Crippen LogP contribution in [0, 0.1) is 0 Å². The van der Waals surface area contributed by atoms with Gasteiger partial charge in [0.1, 0.15) is 17.1 Å². The second-order valence-corrected chi connectivity index (χ2v) is 6.02. The molecule has 3 rings (SSSR count). The Hall–Kier alpha value is -3.60. The van der Waals surface area contributed by atoms with Gasteiger partial charge in [-0.1, -0.05) is 42.5 Å². The first-order valence-electron chi connectivity index (χ1n) is 8.45. The summed E-state index contributed by atoms with van der Waals surface area (Å²) in [6, 6.07) is 20.2. The van der Waals surface area contributed by atoms with Crippen LogP contribution in [0.4, 0.5) is 0 Å². The monoisotopic (exact) mass is 362 g/mol. The van der Waals surface area contributed by atoms with Crippen LogP contribution in [-0.2, 0) is 12.8 Å². The van der Waals surface area contributed by atoms with Gasteiger partial charge in [0.25, 0.3) is 0 Å². The summed E-state index contributed by atoms with van der Waals surface area (Å²) in [5.41, 5.74) is 1.91. The Balaban J connectivity index is 1.88. The number of rotatable bonds is 6. The van der Waals surface area contributed by atoms with E-state index in [9.17, 15) is 19.8 Å². The summed E-state index contributed by atoms with van der Waals surface area (Å²) in [5, 5.41) is 18.8. The van der Waals surface area contributed by atoms with Gasteiger partial charge in [-0.2, -0.15) is 0 Å². The molecule has 5 heteroatoms. The number of benzene rings is 3. The number of hydrogen-bond donors (Lipinski definition) is 2. The molecule has 0 aromatic heterocycles. The molecule has 136 valence electrons. The quantitative estimate of drug-likeness (QED) is 0.510. The minimum absolute atomic E-state index is 0.0287. The Morgan fingerprint density at radius 1 is 0.815 bits per heavy atom. The number of hydrogen-bond acceptors (Lipinski definition) is 4. The summed E-state index contributed by atoms with van der Waals surface area (Å²) in [5.74, 6) is -1.75. The first kappa shape index (κ1) is 18.2. The highest BCUT2D eigenvalue weighted by atomic mass is 16.5. The number of aryl methyl sites for hydroxylation is 2. The molecule has 27 heavy (non-hydrogen) atoms. The van der Waals surface area contributed by atoms with Crippen molar-refractivity contribution in [1.82, 2.24) is 0 Å². The summed E-state index contributed by atoms with van der Waals surface area (Å²) in [7, 11) is 0. The molecule has 0 unspecified atom stereocenters. The predicted molar refractivity (Wildman–Crippen MR) is 100 cm³/mol. The molecular weight excluding hydrogens is 344 g/mol. The van der Waals surface area contributed by atoms with Crippen LogP contribution in [0.15, 0.2) is 72.8 Å². The van der Waals surface area contributed by atoms with Crippen LogP contribution in [0.25, 0.3) is 0 Å². The van der Waals surface area contributed by atoms with Crippen molar-refractivity contribution in [2.45, 2.75) is 12.8 Å². The van der Waals surface area contributed by atoms with Crippen molar-refractivity contribution in [2.75, 3.05) is 0 Å². The molecular formula is C22H18O5. The molecule has 0 aliphatic heterocycles. The number of ether oxygens (including phenoxy) is 1. The first-order valence-corrected chi connectivity index (χ1v) is 8.45. The molecule has 0 radical (unpaired) electrons. The molecule has 0 amide bonds. The van der Waals surface area contributed by atoms with E-state index >= 15 is 0 Å². The maximum absolute atomic E-state index is 12.4. The zero-order valence-corrected chi connectivity index (χ0v) is 14.5. The smallest absolute Gasteiger partial charge is 0.343 e. The minimum Gasteiger partial charge on any atom is -0.508 e. The number of carboxylic acids is 1. The van der Waals surface area contributed by atoms with Crippen LogP contribution < -0.4 is 4.74 Å². The van der Waals surface area contributed by atoms with Crippen molar-refractivity contribution in [3.63, 3.8) is 0 Å². The molecule has 0 heterocycles. The molecule has 0 spiro atoms. The number of carboxylic acid groups (broad SMARTS) is 1. The third-order valence-electron chi connectivity index (χ3n) is 4.15. The Labute approximate surface area is 156 Å². The Morgan fingerprint density at radius 2 is 1.52 bits per heavy atom. The SMILES string of the molecule is O=C(Oc1c(CCc2ccccc2)cccc1C(=O)O)c1ccc(O)cc1. The maximum Gasteiger partial charge on any atom is 0.343 e. The highest BCUT2D eigenvalue weighted by molar-refractivity contribution is 5.96. The lowest BCUT2D eigenvalue weighted by Gasteiger charge is -2.13. The Bertz CT molecular complexity index is 946. The van der Waals surface area contributed by atoms with Gasteiger partial charge in [-0.05, 0) is 54.3 Å². The highest BCUT2D eigenvalue weighted by Gasteiger charge is 2.19. The number of para-hydroxylation sites is 1. The van der Waals surface area contributed by atoms with E-state index in [0.717, 1.165) is 5.56 Å². The van der Waals surface area contributed by atoms with Gasteiger partial charge in [-0.3, -0.25) is 0 Å². The van der Waals surface area contributed by atoms with Crippen molar-refractivity contribution < 1.29 is 24.5 Å². The molecule has 0 saturated carbocycles. The highest BCUT2D eigenvalue weighted by Crippen LogP contribution is 2.27. The molecule has 0 fully saturated rings. The second-order valence-electron chi connectivity index (χ2n) is 6.02. The van der Waals surface area contributed by atoms with Gasteiger partial charge in [0.05, 0.1) is 5.56 Å². The lowest BCUT2D eigenvalue weighted by Crippen LogP contribution is -2.13. The molecule has 0 atom stereocenters. The summed E-state index contributed by atoms with van der Waals surface area (Å²) in [6.45, 7) is 0. The molecule has 2 N–H and O–H groups in total. The number of phenols is 1. The van der Waals surface area contributed by atoms with Crippen LogP contribution >= 0.6 is 0 Å². The van der Waals surface area contributed by atoms with Gasteiger partial charge in [-0.15, -0.1) is 0 Å². The van der Waals surface area contributed by atoms with Crippen LogP contribution in [0.5, 0.6) is 11.5 Å². The lowest BCUT2D eigenvalue weighted by molar-refractivity contribution is 0.0680. The van der Waals surface area contributed by atoms with E-state index in [2.05, 4.69) is 0 Å². The zero-order chi connectivity index (χ0) is 19.2. The first-order chi connectivity index (χ1) is 13.0. The van der Waals surface area contributed by atoms with E-state index in [1.165, 1.54) is 30.3 Å². The van der Waals surface area contributed by atoms with Crippen molar-refractivity contribution in [1.29, 1.82) is 0 Å². The zero-order valence-electron chi connectivity index (χ0n) is 14.5. The number of carbonyl (C=O) groups is 2. The van der Waals surface area contributed by atoms with E-state index in [1.807, 2.05) is 30.3 Å². The van der Waals surface area contributed by atoms with E-state index in [0.29, 0.717) is 18.4 Å². The summed E-state index contributed by atoms with van der Waals surface area (Å²) in [4.78, 5) is 24.0. The van der Waals surface area contributed by atoms with Crippen molar-refractivity contribution in [2.24, 2.45) is 0 Å². The van der Waals surface area contributed by atoms with E-state index < -0.39 is 11.9 Å². The second kappa shape index (κ2) is 8.19. The molecule has 0 bridgehead atoms. The maximum atomic E-state index is 12.4. The van der Waals surface area contributed by atoms with E-state index in [-0.39, 0.29) is 22.6 Å². The van der Waals surface area contributed by atoms with Crippen LogP contribution in [0.3, 0.4) is 0 Å². The minimum atomic E-state index is -1.16. The Morgan fingerprint density at radius 3 is 2.19 bits per heavy atom. The number of carbonyl (C=O) groups excluding carboxylic acids is 1. The van der Waals surface area contributed by atoms with Gasteiger partial charge in [0.2, 0.25) is 0 Å². The molecule has 0 saturated heterocycles. The lowest BCUT2D eigenvalue weighted by atomic mass is 10.0. The number of phenolic OH excluding ortho intramolecular Hbond substituents is 1. The molecule has 3 aromatic rings. The van der Waals surface area contributed by atoms with Gasteiger partial charge >= 0.3 is 11.9 Å². The standard InChI is InChI=1S/C22H18O5/c23-18-13-11-17(12-14-18)22(26)27-20-16(7-4-8-19(20)21(24)25)10-9-15-5-2-1-3-6-15/h1-8,11-14,23H,9-10H2,(H,24,25).